The molecule has 0 saturated carbocycles. The highest BCUT2D eigenvalue weighted by molar-refractivity contribution is 9.08. The van der Waals surface area contributed by atoms with Crippen LogP contribution in [-0.4, -0.2) is 28.8 Å². The van der Waals surface area contributed by atoms with E-state index in [-0.39, 0.29) is 16.5 Å². The molecule has 1 rings (SSSR count). The van der Waals surface area contributed by atoms with Crippen LogP contribution in [0.25, 0.3) is 0 Å². The molecule has 0 unspecified atom stereocenters. The van der Waals surface area contributed by atoms with Crippen LogP contribution in [-0.2, 0) is 5.33 Å². The predicted octanol–water partition coefficient (Wildman–Crippen LogP) is 10.8. The van der Waals surface area contributed by atoms with Crippen molar-refractivity contribution in [1.82, 2.24) is 4.90 Å². The first kappa shape index (κ1) is 34.6. The summed E-state index contributed by atoms with van der Waals surface area (Å²) in [6, 6.07) is 4.92. The molecule has 0 bridgehead atoms. The van der Waals surface area contributed by atoms with E-state index in [4.69, 9.17) is 0 Å². The number of rotatable bonds is 25. The highest BCUT2D eigenvalue weighted by Gasteiger charge is 2.20. The normalized spacial score (nSPS) is 11.1. The largest absolute Gasteiger partial charge is 0.339 e. The number of carbonyl (C=O) groups is 1. The van der Waals surface area contributed by atoms with Crippen LogP contribution < -0.4 is 0 Å². The lowest BCUT2D eigenvalue weighted by Gasteiger charge is -2.23. The molecular formula is C32H55BrN2O3. The summed E-state index contributed by atoms with van der Waals surface area (Å²) in [5.74, 6) is -0.0685. The van der Waals surface area contributed by atoms with Gasteiger partial charge >= 0.3 is 0 Å². The second kappa shape index (κ2) is 23.5. The maximum atomic E-state index is 13.4. The van der Waals surface area contributed by atoms with Crippen molar-refractivity contribution in [2.45, 2.75) is 148 Å². The molecule has 38 heavy (non-hydrogen) atoms. The van der Waals surface area contributed by atoms with Crippen molar-refractivity contribution in [3.8, 4) is 0 Å². The number of hydrogen-bond acceptors (Lipinski definition) is 3. The summed E-state index contributed by atoms with van der Waals surface area (Å²) in [6.07, 6.45) is 25.3. The number of halogens is 1. The third kappa shape index (κ3) is 15.9. The summed E-state index contributed by atoms with van der Waals surface area (Å²) in [6.45, 7) is 5.98. The van der Waals surface area contributed by atoms with E-state index in [1.165, 1.54) is 109 Å². The van der Waals surface area contributed by atoms with E-state index in [2.05, 4.69) is 29.8 Å². The van der Waals surface area contributed by atoms with E-state index in [1.54, 1.807) is 12.1 Å². The van der Waals surface area contributed by atoms with Crippen LogP contribution >= 0.6 is 15.9 Å². The van der Waals surface area contributed by atoms with Crippen LogP contribution in [0.1, 0.15) is 158 Å². The Balaban J connectivity index is 2.52. The maximum absolute atomic E-state index is 13.4. The SMILES string of the molecule is CCCCCCCCCCCCN(CCCCCCCCCCCC)C(=O)c1ccc(CBr)c([N+](=O)[O-])c1. The third-order valence-corrected chi connectivity index (χ3v) is 8.13. The molecule has 6 heteroatoms. The van der Waals surface area contributed by atoms with Crippen molar-refractivity contribution in [3.05, 3.63) is 39.4 Å². The van der Waals surface area contributed by atoms with Gasteiger partial charge in [-0.1, -0.05) is 151 Å². The Morgan fingerprint density at radius 2 is 1.11 bits per heavy atom. The van der Waals surface area contributed by atoms with Crippen molar-refractivity contribution in [3.63, 3.8) is 0 Å². The van der Waals surface area contributed by atoms with Crippen LogP contribution in [0.4, 0.5) is 5.69 Å². The van der Waals surface area contributed by atoms with E-state index < -0.39 is 0 Å². The molecule has 1 aromatic rings. The highest BCUT2D eigenvalue weighted by Crippen LogP contribution is 2.24. The molecule has 0 atom stereocenters. The summed E-state index contributed by atoms with van der Waals surface area (Å²) < 4.78 is 0. The summed E-state index contributed by atoms with van der Waals surface area (Å²) in [5.41, 5.74) is 1.05. The van der Waals surface area contributed by atoms with Crippen LogP contribution in [0.15, 0.2) is 18.2 Å². The van der Waals surface area contributed by atoms with Gasteiger partial charge in [0, 0.05) is 35.6 Å². The Kier molecular flexibility index (Phi) is 21.4. The molecule has 0 saturated heterocycles. The van der Waals surface area contributed by atoms with Gasteiger partial charge in [0.2, 0.25) is 0 Å². The smallest absolute Gasteiger partial charge is 0.274 e. The first-order valence-corrected chi connectivity index (χ1v) is 16.8. The quantitative estimate of drug-likeness (QED) is 0.0489. The number of nitro benzene ring substituents is 1. The molecule has 218 valence electrons. The number of amides is 1. The minimum atomic E-state index is -0.387. The predicted molar refractivity (Wildman–Crippen MR) is 165 cm³/mol. The van der Waals surface area contributed by atoms with E-state index in [1.807, 2.05) is 4.90 Å². The fraction of sp³-hybridized carbons (Fsp3) is 0.781. The summed E-state index contributed by atoms with van der Waals surface area (Å²) in [4.78, 5) is 26.5. The third-order valence-electron chi connectivity index (χ3n) is 7.52. The van der Waals surface area contributed by atoms with Gasteiger partial charge in [0.15, 0.2) is 0 Å². The molecule has 0 fully saturated rings. The fourth-order valence-electron chi connectivity index (χ4n) is 5.06. The van der Waals surface area contributed by atoms with Gasteiger partial charge in [-0.15, -0.1) is 0 Å². The van der Waals surface area contributed by atoms with Crippen LogP contribution in [0.3, 0.4) is 0 Å². The highest BCUT2D eigenvalue weighted by atomic mass is 79.9. The van der Waals surface area contributed by atoms with Crippen LogP contribution in [0.2, 0.25) is 0 Å². The van der Waals surface area contributed by atoms with Gasteiger partial charge in [-0.2, -0.15) is 0 Å². The van der Waals surface area contributed by atoms with Gasteiger partial charge < -0.3 is 4.90 Å². The molecule has 0 N–H and O–H groups in total. The second-order valence-electron chi connectivity index (χ2n) is 10.9. The fourth-order valence-corrected chi connectivity index (χ4v) is 5.53. The zero-order valence-electron chi connectivity index (χ0n) is 24.5. The zero-order chi connectivity index (χ0) is 27.8. The van der Waals surface area contributed by atoms with Gasteiger partial charge in [-0.3, -0.25) is 14.9 Å². The van der Waals surface area contributed by atoms with E-state index in [0.29, 0.717) is 16.5 Å². The van der Waals surface area contributed by atoms with Crippen molar-refractivity contribution >= 4 is 27.5 Å². The van der Waals surface area contributed by atoms with Gasteiger partial charge in [0.05, 0.1) is 4.92 Å². The molecule has 0 aliphatic rings. The Hall–Kier alpha value is -1.43. The standard InChI is InChI=1S/C32H55BrN2O3/c1-3-5-7-9-11-13-15-17-19-21-25-34(26-22-20-18-16-14-12-10-8-6-4-2)32(36)29-23-24-30(28-33)31(27-29)35(37)38/h23-24,27H,3-22,25-26,28H2,1-2H3. The summed E-state index contributed by atoms with van der Waals surface area (Å²) in [7, 11) is 0. The molecular weight excluding hydrogens is 540 g/mol. The molecule has 0 spiro atoms. The Labute approximate surface area is 241 Å². The molecule has 0 heterocycles. The number of carbonyl (C=O) groups excluding carboxylic acids is 1. The minimum absolute atomic E-state index is 0.0190. The van der Waals surface area contributed by atoms with E-state index >= 15 is 0 Å². The molecule has 0 aliphatic heterocycles. The number of nitro groups is 1. The number of alkyl halides is 1. The molecule has 1 amide bonds. The number of benzene rings is 1. The van der Waals surface area contributed by atoms with Gasteiger partial charge in [0.25, 0.3) is 11.6 Å². The van der Waals surface area contributed by atoms with Crippen LogP contribution in [0, 0.1) is 10.1 Å². The van der Waals surface area contributed by atoms with Gasteiger partial charge in [-0.25, -0.2) is 0 Å². The van der Waals surface area contributed by atoms with Crippen molar-refractivity contribution in [1.29, 1.82) is 0 Å². The van der Waals surface area contributed by atoms with Crippen LogP contribution in [0.5, 0.6) is 0 Å². The first-order valence-electron chi connectivity index (χ1n) is 15.7. The molecule has 1 aromatic carbocycles. The molecule has 5 nitrogen and oxygen atoms in total. The Bertz CT molecular complexity index is 732. The maximum Gasteiger partial charge on any atom is 0.274 e. The number of unbranched alkanes of at least 4 members (excludes halogenated alkanes) is 18. The second-order valence-corrected chi connectivity index (χ2v) is 11.5. The van der Waals surface area contributed by atoms with E-state index in [9.17, 15) is 14.9 Å². The topological polar surface area (TPSA) is 63.5 Å². The van der Waals surface area contributed by atoms with E-state index in [0.717, 1.165) is 38.8 Å². The Morgan fingerprint density at radius 1 is 0.711 bits per heavy atom. The summed E-state index contributed by atoms with van der Waals surface area (Å²) >= 11 is 3.32. The Morgan fingerprint density at radius 3 is 1.47 bits per heavy atom. The molecule has 0 radical (unpaired) electrons. The van der Waals surface area contributed by atoms with Crippen molar-refractivity contribution < 1.29 is 9.72 Å². The van der Waals surface area contributed by atoms with Gasteiger partial charge in [-0.05, 0) is 18.9 Å². The van der Waals surface area contributed by atoms with Crippen molar-refractivity contribution in [2.24, 2.45) is 0 Å². The average molecular weight is 596 g/mol. The number of hydrogen-bond donors (Lipinski definition) is 0. The zero-order valence-corrected chi connectivity index (χ0v) is 26.1. The summed E-state index contributed by atoms with van der Waals surface area (Å²) in [5, 5.41) is 11.9. The van der Waals surface area contributed by atoms with Gasteiger partial charge in [0.1, 0.15) is 0 Å². The lowest BCUT2D eigenvalue weighted by Crippen LogP contribution is -2.33. The molecule has 0 aromatic heterocycles. The first-order chi connectivity index (χ1) is 18.5. The average Bonchev–Trinajstić information content (AvgIpc) is 2.93. The number of nitrogens with zero attached hydrogens (tertiary/aromatic N) is 2. The monoisotopic (exact) mass is 594 g/mol. The minimum Gasteiger partial charge on any atom is -0.339 e. The molecule has 0 aliphatic carbocycles. The lowest BCUT2D eigenvalue weighted by molar-refractivity contribution is -0.385. The van der Waals surface area contributed by atoms with Crippen molar-refractivity contribution in [2.75, 3.05) is 13.1 Å². The lowest BCUT2D eigenvalue weighted by atomic mass is 10.1.